The van der Waals surface area contributed by atoms with Crippen molar-refractivity contribution in [1.29, 1.82) is 0 Å². The number of benzene rings is 2. The molecule has 1 fully saturated rings. The van der Waals surface area contributed by atoms with Gasteiger partial charge in [-0.1, -0.05) is 36.8 Å². The summed E-state index contributed by atoms with van der Waals surface area (Å²) in [4.78, 5) is 2.58. The van der Waals surface area contributed by atoms with Gasteiger partial charge in [0.2, 0.25) is 0 Å². The molecular weight excluding hydrogens is 298 g/mol. The number of rotatable bonds is 6. The Morgan fingerprint density at radius 3 is 2.58 bits per heavy atom. The number of piperidine rings is 1. The van der Waals surface area contributed by atoms with Crippen molar-refractivity contribution in [2.24, 2.45) is 0 Å². The van der Waals surface area contributed by atoms with Crippen LogP contribution < -0.4 is 4.74 Å². The maximum Gasteiger partial charge on any atom is 0.120 e. The van der Waals surface area contributed by atoms with E-state index in [1.807, 2.05) is 12.1 Å². The summed E-state index contributed by atoms with van der Waals surface area (Å²) < 4.78 is 6.02. The first kappa shape index (κ1) is 16.8. The Morgan fingerprint density at radius 1 is 1.08 bits per heavy atom. The van der Waals surface area contributed by atoms with Crippen LogP contribution in [0.3, 0.4) is 0 Å². The first-order chi connectivity index (χ1) is 11.7. The molecule has 0 radical (unpaired) electrons. The molecule has 1 aliphatic heterocycles. The van der Waals surface area contributed by atoms with E-state index in [1.54, 1.807) is 12.1 Å². The van der Waals surface area contributed by atoms with Gasteiger partial charge in [-0.3, -0.25) is 4.90 Å². The van der Waals surface area contributed by atoms with Crippen LogP contribution in [0.1, 0.15) is 31.7 Å². The van der Waals surface area contributed by atoms with Gasteiger partial charge in [0.15, 0.2) is 0 Å². The Bertz CT molecular complexity index is 611. The van der Waals surface area contributed by atoms with Gasteiger partial charge in [0, 0.05) is 12.6 Å². The Kier molecular flexibility index (Phi) is 5.76. The Labute approximate surface area is 144 Å². The summed E-state index contributed by atoms with van der Waals surface area (Å²) in [6.07, 6.45) is 5.11. The molecule has 3 heteroatoms. The molecule has 0 aliphatic carbocycles. The molecule has 0 bridgehead atoms. The number of hydrogen-bond acceptors (Lipinski definition) is 3. The van der Waals surface area contributed by atoms with E-state index in [0.29, 0.717) is 6.04 Å². The number of phenols is 1. The van der Waals surface area contributed by atoms with E-state index in [-0.39, 0.29) is 11.9 Å². The van der Waals surface area contributed by atoms with E-state index in [1.165, 1.54) is 24.8 Å². The Morgan fingerprint density at radius 2 is 1.83 bits per heavy atom. The highest BCUT2D eigenvalue weighted by Gasteiger charge is 2.24. The Balaban J connectivity index is 1.57. The van der Waals surface area contributed by atoms with Gasteiger partial charge >= 0.3 is 0 Å². The van der Waals surface area contributed by atoms with Crippen molar-refractivity contribution in [2.45, 2.75) is 44.8 Å². The average molecular weight is 325 g/mol. The summed E-state index contributed by atoms with van der Waals surface area (Å²) in [7, 11) is 0. The van der Waals surface area contributed by atoms with Crippen LogP contribution in [-0.4, -0.2) is 35.2 Å². The lowest BCUT2D eigenvalue weighted by Crippen LogP contribution is -2.45. The SMILES string of the molecule is CC(CN1CCCCC1Cc1ccccc1)Oc1ccc(O)cc1. The largest absolute Gasteiger partial charge is 0.508 e. The summed E-state index contributed by atoms with van der Waals surface area (Å²) in [5, 5.41) is 9.36. The van der Waals surface area contributed by atoms with Crippen LogP contribution in [0, 0.1) is 0 Å². The van der Waals surface area contributed by atoms with Crippen LogP contribution in [-0.2, 0) is 6.42 Å². The van der Waals surface area contributed by atoms with Gasteiger partial charge in [0.1, 0.15) is 17.6 Å². The molecule has 0 saturated carbocycles. The Hall–Kier alpha value is -2.00. The van der Waals surface area contributed by atoms with Crippen molar-refractivity contribution in [3.8, 4) is 11.5 Å². The van der Waals surface area contributed by atoms with Crippen LogP contribution in [0.4, 0.5) is 0 Å². The zero-order valence-corrected chi connectivity index (χ0v) is 14.4. The number of hydrogen-bond donors (Lipinski definition) is 1. The number of likely N-dealkylation sites (tertiary alicyclic amines) is 1. The van der Waals surface area contributed by atoms with Gasteiger partial charge in [-0.25, -0.2) is 0 Å². The number of ether oxygens (including phenoxy) is 1. The van der Waals surface area contributed by atoms with Crippen molar-refractivity contribution >= 4 is 0 Å². The van der Waals surface area contributed by atoms with E-state index in [2.05, 4.69) is 42.2 Å². The lowest BCUT2D eigenvalue weighted by atomic mass is 9.95. The quantitative estimate of drug-likeness (QED) is 0.861. The average Bonchev–Trinajstić information content (AvgIpc) is 2.60. The molecule has 3 nitrogen and oxygen atoms in total. The summed E-state index contributed by atoms with van der Waals surface area (Å²) in [5.41, 5.74) is 1.42. The third-order valence-electron chi connectivity index (χ3n) is 4.73. The molecule has 24 heavy (non-hydrogen) atoms. The summed E-state index contributed by atoms with van der Waals surface area (Å²) in [5.74, 6) is 1.09. The van der Waals surface area contributed by atoms with Crippen molar-refractivity contribution in [3.63, 3.8) is 0 Å². The van der Waals surface area contributed by atoms with Crippen molar-refractivity contribution < 1.29 is 9.84 Å². The first-order valence-electron chi connectivity index (χ1n) is 8.94. The predicted molar refractivity (Wildman–Crippen MR) is 97.6 cm³/mol. The first-order valence-corrected chi connectivity index (χ1v) is 8.94. The summed E-state index contributed by atoms with van der Waals surface area (Å²) in [6, 6.07) is 18.4. The van der Waals surface area contributed by atoms with E-state index < -0.39 is 0 Å². The fraction of sp³-hybridized carbons (Fsp3) is 0.429. The number of phenolic OH excluding ortho intramolecular Hbond substituents is 1. The van der Waals surface area contributed by atoms with Gasteiger partial charge in [0.05, 0.1) is 0 Å². The van der Waals surface area contributed by atoms with Crippen LogP contribution in [0.25, 0.3) is 0 Å². The minimum atomic E-state index is 0.130. The van der Waals surface area contributed by atoms with E-state index in [4.69, 9.17) is 4.74 Å². The van der Waals surface area contributed by atoms with Gasteiger partial charge in [0.25, 0.3) is 0 Å². The van der Waals surface area contributed by atoms with E-state index in [0.717, 1.165) is 25.3 Å². The lowest BCUT2D eigenvalue weighted by molar-refractivity contribution is 0.0878. The molecule has 0 amide bonds. The maximum atomic E-state index is 9.36. The fourth-order valence-electron chi connectivity index (χ4n) is 3.54. The van der Waals surface area contributed by atoms with Gasteiger partial charge in [-0.2, -0.15) is 0 Å². The smallest absolute Gasteiger partial charge is 0.120 e. The molecule has 0 aromatic heterocycles. The highest BCUT2D eigenvalue weighted by atomic mass is 16.5. The molecule has 2 unspecified atom stereocenters. The molecule has 2 aromatic rings. The molecule has 1 heterocycles. The molecule has 0 spiro atoms. The third kappa shape index (κ3) is 4.75. The van der Waals surface area contributed by atoms with Crippen LogP contribution in [0.5, 0.6) is 11.5 Å². The number of aromatic hydroxyl groups is 1. The van der Waals surface area contributed by atoms with Crippen LogP contribution in [0.2, 0.25) is 0 Å². The molecular formula is C21H27NO2. The minimum absolute atomic E-state index is 0.130. The molecule has 3 rings (SSSR count). The van der Waals surface area contributed by atoms with Crippen molar-refractivity contribution in [2.75, 3.05) is 13.1 Å². The van der Waals surface area contributed by atoms with E-state index >= 15 is 0 Å². The highest BCUT2D eigenvalue weighted by Crippen LogP contribution is 2.22. The minimum Gasteiger partial charge on any atom is -0.508 e. The summed E-state index contributed by atoms with van der Waals surface area (Å²) >= 11 is 0. The second-order valence-electron chi connectivity index (χ2n) is 6.76. The predicted octanol–water partition coefficient (Wildman–Crippen LogP) is 4.26. The molecule has 128 valence electrons. The van der Waals surface area contributed by atoms with Gasteiger partial charge in [-0.05, 0) is 62.6 Å². The standard InChI is InChI=1S/C21H27NO2/c1-17(24-21-12-10-20(23)11-13-21)16-22-14-6-5-9-19(22)15-18-7-3-2-4-8-18/h2-4,7-8,10-13,17,19,23H,5-6,9,14-16H2,1H3. The monoisotopic (exact) mass is 325 g/mol. The van der Waals surface area contributed by atoms with Crippen molar-refractivity contribution in [1.82, 2.24) is 4.90 Å². The van der Waals surface area contributed by atoms with E-state index in [9.17, 15) is 5.11 Å². The normalized spacial score (nSPS) is 19.8. The van der Waals surface area contributed by atoms with Gasteiger partial charge < -0.3 is 9.84 Å². The summed E-state index contributed by atoms with van der Waals surface area (Å²) in [6.45, 7) is 4.22. The van der Waals surface area contributed by atoms with Gasteiger partial charge in [-0.15, -0.1) is 0 Å². The van der Waals surface area contributed by atoms with Crippen LogP contribution in [0.15, 0.2) is 54.6 Å². The maximum absolute atomic E-state index is 9.36. The highest BCUT2D eigenvalue weighted by molar-refractivity contribution is 5.30. The topological polar surface area (TPSA) is 32.7 Å². The van der Waals surface area contributed by atoms with Crippen LogP contribution >= 0.6 is 0 Å². The zero-order chi connectivity index (χ0) is 16.8. The molecule has 1 N–H and O–H groups in total. The molecule has 1 saturated heterocycles. The number of nitrogens with zero attached hydrogens (tertiary/aromatic N) is 1. The van der Waals surface area contributed by atoms with Crippen molar-refractivity contribution in [3.05, 3.63) is 60.2 Å². The zero-order valence-electron chi connectivity index (χ0n) is 14.4. The second-order valence-corrected chi connectivity index (χ2v) is 6.76. The lowest BCUT2D eigenvalue weighted by Gasteiger charge is -2.37. The molecule has 2 atom stereocenters. The third-order valence-corrected chi connectivity index (χ3v) is 4.73. The molecule has 1 aliphatic rings. The second kappa shape index (κ2) is 8.20. The fourth-order valence-corrected chi connectivity index (χ4v) is 3.54. The molecule has 2 aromatic carbocycles.